The number of ether oxygens (including phenoxy) is 4. The van der Waals surface area contributed by atoms with E-state index in [2.05, 4.69) is 86.8 Å². The lowest BCUT2D eigenvalue weighted by Crippen LogP contribution is -2.44. The Kier molecular flexibility index (Phi) is 65.1. The van der Waals surface area contributed by atoms with Gasteiger partial charge in [-0.25, -0.2) is 0 Å². The zero-order valence-corrected chi connectivity index (χ0v) is 57.2. The van der Waals surface area contributed by atoms with Crippen LogP contribution in [-0.2, 0) is 33.3 Å². The molecule has 0 N–H and O–H groups in total. The third-order valence-electron chi connectivity index (χ3n) is 16.2. The number of unbranched alkanes of at least 4 members (excludes halogenated alkanes) is 41. The second kappa shape index (κ2) is 67.7. The number of nitrogens with zero attached hydrogens (tertiary/aromatic N) is 1. The van der Waals surface area contributed by atoms with Crippen molar-refractivity contribution in [1.82, 2.24) is 0 Å². The molecule has 9 heteroatoms. The Balaban J connectivity index is 4.07. The zero-order valence-electron chi connectivity index (χ0n) is 57.2. The predicted octanol–water partition coefficient (Wildman–Crippen LogP) is 21.5. The van der Waals surface area contributed by atoms with Gasteiger partial charge in [-0.3, -0.25) is 9.59 Å². The summed E-state index contributed by atoms with van der Waals surface area (Å²) in [5.74, 6) is -2.26. The quantitative estimate of drug-likeness (QED) is 0.0195. The van der Waals surface area contributed by atoms with E-state index < -0.39 is 24.3 Å². The number of carbonyl (C=O) groups excluding carboxylic acids is 3. The van der Waals surface area contributed by atoms with Gasteiger partial charge in [-0.15, -0.1) is 0 Å². The Morgan fingerprint density at radius 1 is 0.360 bits per heavy atom. The number of likely N-dealkylation sites (N-methyl/N-ethyl adjacent to an activating group) is 1. The van der Waals surface area contributed by atoms with E-state index in [1.807, 2.05) is 21.1 Å². The van der Waals surface area contributed by atoms with Crippen molar-refractivity contribution in [3.05, 3.63) is 72.9 Å². The van der Waals surface area contributed by atoms with Crippen LogP contribution in [0, 0.1) is 0 Å². The smallest absolute Gasteiger partial charge is 0.306 e. The number of quaternary nitrogens is 1. The Morgan fingerprint density at radius 2 is 0.663 bits per heavy atom. The van der Waals surface area contributed by atoms with E-state index in [1.54, 1.807) is 0 Å². The highest BCUT2D eigenvalue weighted by Crippen LogP contribution is 2.19. The average molecular weight is 1210 g/mol. The van der Waals surface area contributed by atoms with Crippen LogP contribution in [0.4, 0.5) is 0 Å². The molecule has 0 aliphatic carbocycles. The van der Waals surface area contributed by atoms with E-state index in [-0.39, 0.29) is 32.2 Å². The summed E-state index contributed by atoms with van der Waals surface area (Å²) in [6.45, 7) is 4.69. The lowest BCUT2D eigenvalue weighted by atomic mass is 10.0. The minimum atomic E-state index is -1.62. The normalized spacial score (nSPS) is 13.1. The SMILES string of the molecule is CC/C=C\C/C=C\C/C=C\C/C=C\C/C=C\C/C=C\CCCCCCCCCCCCCCCCC(=O)OC(COC(=O)CCCCCCCCCCCCCCCCCCCCCCCCCCCCCC)COC(OCC[N+](C)(C)C)C(=O)[O-]. The maximum Gasteiger partial charge on any atom is 0.306 e. The molecule has 0 aromatic carbocycles. The number of carboxylic acids is 1. The summed E-state index contributed by atoms with van der Waals surface area (Å²) >= 11 is 0. The van der Waals surface area contributed by atoms with Crippen molar-refractivity contribution >= 4 is 17.9 Å². The van der Waals surface area contributed by atoms with Crippen LogP contribution in [0.15, 0.2) is 72.9 Å². The third kappa shape index (κ3) is 68.2. The average Bonchev–Trinajstić information content (AvgIpc) is 3.64. The summed E-state index contributed by atoms with van der Waals surface area (Å²) in [5.41, 5.74) is 0. The zero-order chi connectivity index (χ0) is 62.6. The number of hydrogen-bond acceptors (Lipinski definition) is 8. The molecular formula is C77H139NO8. The van der Waals surface area contributed by atoms with E-state index in [0.29, 0.717) is 23.9 Å². The molecule has 0 saturated heterocycles. The highest BCUT2D eigenvalue weighted by Gasteiger charge is 2.22. The second-order valence-electron chi connectivity index (χ2n) is 25.9. The molecule has 9 nitrogen and oxygen atoms in total. The molecule has 86 heavy (non-hydrogen) atoms. The predicted molar refractivity (Wildman–Crippen MR) is 366 cm³/mol. The largest absolute Gasteiger partial charge is 0.545 e. The van der Waals surface area contributed by atoms with Crippen molar-refractivity contribution < 1.29 is 42.9 Å². The molecule has 0 radical (unpaired) electrons. The van der Waals surface area contributed by atoms with Gasteiger partial charge in [0.1, 0.15) is 13.2 Å². The van der Waals surface area contributed by atoms with Gasteiger partial charge >= 0.3 is 11.9 Å². The fourth-order valence-corrected chi connectivity index (χ4v) is 10.7. The molecule has 0 aliphatic heterocycles. The van der Waals surface area contributed by atoms with Crippen molar-refractivity contribution in [3.63, 3.8) is 0 Å². The minimum absolute atomic E-state index is 0.148. The number of aliphatic carboxylic acids is 1. The number of esters is 2. The van der Waals surface area contributed by atoms with Gasteiger partial charge in [0.25, 0.3) is 0 Å². The highest BCUT2D eigenvalue weighted by molar-refractivity contribution is 5.70. The number of carbonyl (C=O) groups is 3. The maximum atomic E-state index is 12.9. The molecular weight excluding hydrogens is 1070 g/mol. The van der Waals surface area contributed by atoms with E-state index in [4.69, 9.17) is 18.9 Å². The molecule has 0 aromatic rings. The summed E-state index contributed by atoms with van der Waals surface area (Å²) in [7, 11) is 5.94. The molecule has 0 fully saturated rings. The van der Waals surface area contributed by atoms with Gasteiger partial charge in [0, 0.05) is 12.8 Å². The fraction of sp³-hybridized carbons (Fsp3) is 0.805. The Labute approximate surface area is 532 Å². The Bertz CT molecular complexity index is 1640. The van der Waals surface area contributed by atoms with Crippen molar-refractivity contribution in [1.29, 1.82) is 0 Å². The summed E-state index contributed by atoms with van der Waals surface area (Å²) in [4.78, 5) is 37.5. The van der Waals surface area contributed by atoms with Crippen LogP contribution in [0.1, 0.15) is 341 Å². The van der Waals surface area contributed by atoms with E-state index >= 15 is 0 Å². The first-order valence-electron chi connectivity index (χ1n) is 36.6. The summed E-state index contributed by atoms with van der Waals surface area (Å²) < 4.78 is 22.8. The molecule has 0 rings (SSSR count). The van der Waals surface area contributed by atoms with Gasteiger partial charge in [-0.05, 0) is 64.2 Å². The first-order chi connectivity index (χ1) is 42.1. The lowest BCUT2D eigenvalue weighted by Gasteiger charge is -2.26. The van der Waals surface area contributed by atoms with Crippen LogP contribution < -0.4 is 5.11 Å². The lowest BCUT2D eigenvalue weighted by molar-refractivity contribution is -0.870. The molecule has 2 atom stereocenters. The van der Waals surface area contributed by atoms with Crippen LogP contribution in [0.3, 0.4) is 0 Å². The fourth-order valence-electron chi connectivity index (χ4n) is 10.7. The molecule has 0 aliphatic rings. The van der Waals surface area contributed by atoms with Crippen LogP contribution in [0.2, 0.25) is 0 Å². The van der Waals surface area contributed by atoms with Crippen molar-refractivity contribution in [3.8, 4) is 0 Å². The first-order valence-corrected chi connectivity index (χ1v) is 36.6. The summed E-state index contributed by atoms with van der Waals surface area (Å²) in [6.07, 6.45) is 87.1. The van der Waals surface area contributed by atoms with Gasteiger partial charge in [0.05, 0.1) is 40.3 Å². The maximum absolute atomic E-state index is 12.9. The van der Waals surface area contributed by atoms with Gasteiger partial charge in [-0.1, -0.05) is 337 Å². The topological polar surface area (TPSA) is 111 Å². The van der Waals surface area contributed by atoms with Crippen LogP contribution in [0.25, 0.3) is 0 Å². The number of allylic oxidation sites excluding steroid dienone is 12. The second-order valence-corrected chi connectivity index (χ2v) is 25.9. The molecule has 2 unspecified atom stereocenters. The molecule has 0 bridgehead atoms. The molecule has 0 amide bonds. The van der Waals surface area contributed by atoms with Crippen molar-refractivity contribution in [2.45, 2.75) is 354 Å². The summed E-state index contributed by atoms with van der Waals surface area (Å²) in [5, 5.41) is 11.8. The number of rotatable bonds is 68. The molecule has 0 aromatic heterocycles. The van der Waals surface area contributed by atoms with Crippen LogP contribution in [0.5, 0.6) is 0 Å². The number of carboxylic acid groups (broad SMARTS) is 1. The van der Waals surface area contributed by atoms with E-state index in [9.17, 15) is 19.5 Å². The number of hydrogen-bond donors (Lipinski definition) is 0. The van der Waals surface area contributed by atoms with Gasteiger partial charge in [0.15, 0.2) is 12.4 Å². The standard InChI is InChI=1S/C77H139NO8/c1-6-8-10-12-14-16-18-20-22-24-26-28-30-32-34-36-37-38-39-40-42-44-46-48-50-52-54-56-58-60-62-64-66-68-75(80)86-73(72-85-77(76(81)82)83-70-69-78(3,4)5)71-84-74(79)67-65-63-61-59-57-55-53-51-49-47-45-43-41-35-33-31-29-27-25-23-21-19-17-15-13-11-9-7-2/h8,10,14,16,20,22,26,28,32,34,37-38,73,77H,6-7,9,11-13,15,17-19,21,23-25,27,29-31,33,35-36,39-72H2,1-5H3/b10-8-,16-14-,22-20-,28-26-,34-32-,38-37-. The van der Waals surface area contributed by atoms with Crippen molar-refractivity contribution in [2.75, 3.05) is 47.5 Å². The van der Waals surface area contributed by atoms with Gasteiger partial charge in [-0.2, -0.15) is 0 Å². The summed E-state index contributed by atoms with van der Waals surface area (Å²) in [6, 6.07) is 0. The Hall–Kier alpha value is -3.27. The monoisotopic (exact) mass is 1210 g/mol. The molecule has 500 valence electrons. The van der Waals surface area contributed by atoms with Crippen molar-refractivity contribution in [2.24, 2.45) is 0 Å². The molecule has 0 spiro atoms. The third-order valence-corrected chi connectivity index (χ3v) is 16.2. The van der Waals surface area contributed by atoms with Crippen LogP contribution in [-0.4, -0.2) is 82.3 Å². The van der Waals surface area contributed by atoms with Gasteiger partial charge < -0.3 is 33.3 Å². The van der Waals surface area contributed by atoms with Gasteiger partial charge in [0.2, 0.25) is 0 Å². The molecule has 0 saturated carbocycles. The highest BCUT2D eigenvalue weighted by atomic mass is 16.7. The minimum Gasteiger partial charge on any atom is -0.545 e. The Morgan fingerprint density at radius 3 is 0.988 bits per heavy atom. The van der Waals surface area contributed by atoms with E-state index in [0.717, 1.165) is 77.0 Å². The van der Waals surface area contributed by atoms with Crippen LogP contribution >= 0.6 is 0 Å². The van der Waals surface area contributed by atoms with E-state index in [1.165, 1.54) is 231 Å². The first kappa shape index (κ1) is 82.7. The molecule has 0 heterocycles.